The first-order valence-electron chi connectivity index (χ1n) is 9.24. The van der Waals surface area contributed by atoms with Crippen LogP contribution in [0, 0.1) is 11.8 Å². The third-order valence-corrected chi connectivity index (χ3v) is 5.09. The van der Waals surface area contributed by atoms with E-state index in [1.165, 1.54) is 6.42 Å². The molecule has 1 fully saturated rings. The number of likely N-dealkylation sites (tertiary alicyclic amines) is 1. The number of amides is 1. The number of hydrogen-bond acceptors (Lipinski definition) is 2. The number of para-hydroxylation sites is 1. The Morgan fingerprint density at radius 3 is 2.28 bits per heavy atom. The van der Waals surface area contributed by atoms with E-state index in [1.54, 1.807) is 0 Å². The smallest absolute Gasteiger partial charge is 0.241 e. The highest BCUT2D eigenvalue weighted by Gasteiger charge is 2.29. The van der Waals surface area contributed by atoms with Gasteiger partial charge in [-0.25, -0.2) is 0 Å². The van der Waals surface area contributed by atoms with Gasteiger partial charge in [0.25, 0.3) is 0 Å². The van der Waals surface area contributed by atoms with E-state index in [4.69, 9.17) is 0 Å². The summed E-state index contributed by atoms with van der Waals surface area (Å²) >= 11 is 0. The Kier molecular flexibility index (Phi) is 5.54. The van der Waals surface area contributed by atoms with Crippen LogP contribution in [0.2, 0.25) is 0 Å². The Labute approximate surface area is 151 Å². The number of carbonyl (C=O) groups excluding carboxylic acids is 1. The molecule has 0 radical (unpaired) electrons. The first kappa shape index (κ1) is 17.7. The Hall–Kier alpha value is -2.13. The Morgan fingerprint density at radius 1 is 1.00 bits per heavy atom. The molecule has 1 amide bonds. The van der Waals surface area contributed by atoms with Crippen LogP contribution in [-0.4, -0.2) is 29.9 Å². The van der Waals surface area contributed by atoms with Crippen LogP contribution in [0.3, 0.4) is 0 Å². The first-order chi connectivity index (χ1) is 12.0. The molecule has 1 N–H and O–H groups in total. The molecule has 2 aromatic carbocycles. The van der Waals surface area contributed by atoms with E-state index in [0.29, 0.717) is 11.8 Å². The molecule has 3 rings (SSSR count). The average molecular weight is 336 g/mol. The van der Waals surface area contributed by atoms with Crippen LogP contribution in [0.15, 0.2) is 54.6 Å². The van der Waals surface area contributed by atoms with Crippen molar-refractivity contribution >= 4 is 11.6 Å². The number of nitrogens with one attached hydrogen (secondary N) is 1. The summed E-state index contributed by atoms with van der Waals surface area (Å²) in [5.41, 5.74) is 3.05. The fourth-order valence-corrected chi connectivity index (χ4v) is 3.89. The number of piperidine rings is 1. The number of rotatable bonds is 4. The quantitative estimate of drug-likeness (QED) is 0.881. The van der Waals surface area contributed by atoms with Crippen molar-refractivity contribution < 1.29 is 4.79 Å². The van der Waals surface area contributed by atoms with Gasteiger partial charge in [-0.15, -0.1) is 0 Å². The molecule has 0 aliphatic carbocycles. The number of anilines is 1. The van der Waals surface area contributed by atoms with Gasteiger partial charge in [0.1, 0.15) is 0 Å². The van der Waals surface area contributed by atoms with Gasteiger partial charge in [0, 0.05) is 24.3 Å². The van der Waals surface area contributed by atoms with Crippen molar-refractivity contribution in [2.75, 3.05) is 18.4 Å². The molecule has 25 heavy (non-hydrogen) atoms. The average Bonchev–Trinajstić information content (AvgIpc) is 2.61. The predicted octanol–water partition coefficient (Wildman–Crippen LogP) is 4.66. The van der Waals surface area contributed by atoms with Gasteiger partial charge in [0.2, 0.25) is 5.91 Å². The fraction of sp³-hybridized carbons (Fsp3) is 0.409. The van der Waals surface area contributed by atoms with Gasteiger partial charge in [0.15, 0.2) is 0 Å². The normalized spacial score (nSPS) is 22.4. The largest absolute Gasteiger partial charge is 0.324 e. The van der Waals surface area contributed by atoms with Gasteiger partial charge in [-0.2, -0.15) is 0 Å². The SMILES string of the molecule is CC1CC(C)CN(C(C)C(=O)Nc2ccccc2-c2ccccc2)C1. The monoisotopic (exact) mass is 336 g/mol. The molecule has 1 aliphatic rings. The second kappa shape index (κ2) is 7.83. The third-order valence-electron chi connectivity index (χ3n) is 5.09. The lowest BCUT2D eigenvalue weighted by molar-refractivity contribution is -0.121. The first-order valence-corrected chi connectivity index (χ1v) is 9.24. The second-order valence-corrected chi connectivity index (χ2v) is 7.48. The highest BCUT2D eigenvalue weighted by molar-refractivity contribution is 5.98. The number of nitrogens with zero attached hydrogens (tertiary/aromatic N) is 1. The van der Waals surface area contributed by atoms with Crippen molar-refractivity contribution in [1.29, 1.82) is 0 Å². The molecular formula is C22H28N2O. The van der Waals surface area contributed by atoms with E-state index in [0.717, 1.165) is 29.9 Å². The molecule has 0 bridgehead atoms. The Bertz CT molecular complexity index is 703. The van der Waals surface area contributed by atoms with Crippen LogP contribution in [0.25, 0.3) is 11.1 Å². The molecule has 1 saturated heterocycles. The third kappa shape index (κ3) is 4.29. The molecule has 3 heteroatoms. The van der Waals surface area contributed by atoms with E-state index in [1.807, 2.05) is 43.3 Å². The zero-order valence-corrected chi connectivity index (χ0v) is 15.4. The van der Waals surface area contributed by atoms with E-state index in [9.17, 15) is 4.79 Å². The van der Waals surface area contributed by atoms with Crippen LogP contribution >= 0.6 is 0 Å². The minimum Gasteiger partial charge on any atom is -0.324 e. The molecule has 2 aromatic rings. The summed E-state index contributed by atoms with van der Waals surface area (Å²) in [6, 6.07) is 18.1. The number of benzene rings is 2. The molecule has 1 aliphatic heterocycles. The second-order valence-electron chi connectivity index (χ2n) is 7.48. The zero-order valence-electron chi connectivity index (χ0n) is 15.4. The highest BCUT2D eigenvalue weighted by atomic mass is 16.2. The number of hydrogen-bond donors (Lipinski definition) is 1. The maximum atomic E-state index is 12.9. The van der Waals surface area contributed by atoms with Crippen LogP contribution in [0.5, 0.6) is 0 Å². The lowest BCUT2D eigenvalue weighted by Gasteiger charge is -2.38. The molecule has 0 saturated carbocycles. The van der Waals surface area contributed by atoms with Crippen molar-refractivity contribution in [2.24, 2.45) is 11.8 Å². The molecular weight excluding hydrogens is 308 g/mol. The summed E-state index contributed by atoms with van der Waals surface area (Å²) in [5, 5.41) is 3.16. The Balaban J connectivity index is 1.75. The molecule has 132 valence electrons. The van der Waals surface area contributed by atoms with Crippen molar-refractivity contribution in [3.8, 4) is 11.1 Å². The van der Waals surface area contributed by atoms with Gasteiger partial charge < -0.3 is 5.32 Å². The Morgan fingerprint density at radius 2 is 1.60 bits per heavy atom. The van der Waals surface area contributed by atoms with Gasteiger partial charge in [-0.05, 0) is 36.8 Å². The fourth-order valence-electron chi connectivity index (χ4n) is 3.89. The van der Waals surface area contributed by atoms with Gasteiger partial charge in [-0.1, -0.05) is 62.4 Å². The minimum absolute atomic E-state index is 0.0738. The summed E-state index contributed by atoms with van der Waals surface area (Å²) in [7, 11) is 0. The van der Waals surface area contributed by atoms with Gasteiger partial charge in [-0.3, -0.25) is 9.69 Å². The molecule has 0 spiro atoms. The molecule has 0 aromatic heterocycles. The van der Waals surface area contributed by atoms with Crippen molar-refractivity contribution in [3.63, 3.8) is 0 Å². The maximum absolute atomic E-state index is 12.9. The summed E-state index contributed by atoms with van der Waals surface area (Å²) < 4.78 is 0. The van der Waals surface area contributed by atoms with Crippen LogP contribution in [0.1, 0.15) is 27.2 Å². The minimum atomic E-state index is -0.117. The lowest BCUT2D eigenvalue weighted by atomic mass is 9.91. The van der Waals surface area contributed by atoms with E-state index >= 15 is 0 Å². The highest BCUT2D eigenvalue weighted by Crippen LogP contribution is 2.28. The van der Waals surface area contributed by atoms with E-state index < -0.39 is 0 Å². The molecule has 3 unspecified atom stereocenters. The standard InChI is InChI=1S/C22H28N2O/c1-16-13-17(2)15-24(14-16)18(3)22(25)23-21-12-8-7-11-20(21)19-9-5-4-6-10-19/h4-12,16-18H,13-15H2,1-3H3,(H,23,25). The van der Waals surface area contributed by atoms with Crippen molar-refractivity contribution in [3.05, 3.63) is 54.6 Å². The number of carbonyl (C=O) groups is 1. The van der Waals surface area contributed by atoms with Crippen LogP contribution in [0.4, 0.5) is 5.69 Å². The summed E-state index contributed by atoms with van der Waals surface area (Å²) in [6.07, 6.45) is 1.25. The van der Waals surface area contributed by atoms with Crippen molar-refractivity contribution in [2.45, 2.75) is 33.2 Å². The molecule has 1 heterocycles. The van der Waals surface area contributed by atoms with E-state index in [-0.39, 0.29) is 11.9 Å². The summed E-state index contributed by atoms with van der Waals surface area (Å²) in [5.74, 6) is 1.37. The summed E-state index contributed by atoms with van der Waals surface area (Å²) in [6.45, 7) is 8.57. The molecule has 3 nitrogen and oxygen atoms in total. The molecule has 3 atom stereocenters. The van der Waals surface area contributed by atoms with E-state index in [2.05, 4.69) is 42.3 Å². The lowest BCUT2D eigenvalue weighted by Crippen LogP contribution is -2.48. The summed E-state index contributed by atoms with van der Waals surface area (Å²) in [4.78, 5) is 15.2. The maximum Gasteiger partial charge on any atom is 0.241 e. The van der Waals surface area contributed by atoms with Crippen molar-refractivity contribution in [1.82, 2.24) is 4.90 Å². The van der Waals surface area contributed by atoms with Crippen LogP contribution < -0.4 is 5.32 Å². The van der Waals surface area contributed by atoms with Gasteiger partial charge >= 0.3 is 0 Å². The van der Waals surface area contributed by atoms with Crippen LogP contribution in [-0.2, 0) is 4.79 Å². The predicted molar refractivity (Wildman–Crippen MR) is 104 cm³/mol. The topological polar surface area (TPSA) is 32.3 Å². The zero-order chi connectivity index (χ0) is 17.8. The van der Waals surface area contributed by atoms with Gasteiger partial charge in [0.05, 0.1) is 6.04 Å².